The van der Waals surface area contributed by atoms with Crippen LogP contribution >= 0.6 is 0 Å². The Morgan fingerprint density at radius 2 is 1.93 bits per heavy atom. The van der Waals surface area contributed by atoms with Gasteiger partial charge in [0.05, 0.1) is 11.1 Å². The molecule has 150 valence electrons. The molecular formula is C22H29N3O3. The minimum absolute atomic E-state index is 0.130. The zero-order chi connectivity index (χ0) is 19.7. The molecule has 2 heterocycles. The monoisotopic (exact) mass is 383 g/mol. The number of amides is 1. The number of aromatic nitrogens is 2. The molecule has 6 heteroatoms. The molecule has 1 amide bonds. The lowest BCUT2D eigenvalue weighted by molar-refractivity contribution is -0.128. The number of rotatable bonds is 5. The Bertz CT molecular complexity index is 881. The minimum atomic E-state index is -0.474. The van der Waals surface area contributed by atoms with Gasteiger partial charge in [-0.2, -0.15) is 5.10 Å². The second-order valence-corrected chi connectivity index (χ2v) is 7.99. The lowest BCUT2D eigenvalue weighted by Gasteiger charge is -2.36. The van der Waals surface area contributed by atoms with E-state index in [9.17, 15) is 4.79 Å². The molecule has 1 fully saturated rings. The van der Waals surface area contributed by atoms with Gasteiger partial charge < -0.3 is 14.8 Å². The van der Waals surface area contributed by atoms with E-state index < -0.39 is 5.41 Å². The van der Waals surface area contributed by atoms with Gasteiger partial charge in [-0.05, 0) is 56.4 Å². The molecule has 28 heavy (non-hydrogen) atoms. The van der Waals surface area contributed by atoms with Gasteiger partial charge in [0.25, 0.3) is 0 Å². The number of benzene rings is 1. The first-order valence-corrected chi connectivity index (χ1v) is 10.2. The summed E-state index contributed by atoms with van der Waals surface area (Å²) < 4.78 is 12.9. The number of carbonyl (C=O) groups is 1. The van der Waals surface area contributed by atoms with E-state index in [-0.39, 0.29) is 12.7 Å². The molecule has 0 saturated heterocycles. The molecule has 0 atom stereocenters. The van der Waals surface area contributed by atoms with Gasteiger partial charge >= 0.3 is 0 Å². The Balaban J connectivity index is 1.51. The number of nitrogens with zero attached hydrogens (tertiary/aromatic N) is 2. The van der Waals surface area contributed by atoms with Gasteiger partial charge in [-0.15, -0.1) is 0 Å². The fourth-order valence-corrected chi connectivity index (χ4v) is 4.65. The molecule has 0 radical (unpaired) electrons. The van der Waals surface area contributed by atoms with Crippen molar-refractivity contribution in [2.75, 3.05) is 13.3 Å². The molecule has 2 aliphatic rings. The van der Waals surface area contributed by atoms with E-state index in [0.717, 1.165) is 60.6 Å². The number of fused-ring (bicyclic) bond motifs is 1. The molecule has 1 aromatic carbocycles. The molecule has 0 spiro atoms. The summed E-state index contributed by atoms with van der Waals surface area (Å²) in [4.78, 5) is 13.4. The quantitative estimate of drug-likeness (QED) is 0.860. The summed E-state index contributed by atoms with van der Waals surface area (Å²) in [5, 5.41) is 7.69. The fraction of sp³-hybridized carbons (Fsp3) is 0.545. The van der Waals surface area contributed by atoms with Gasteiger partial charge in [0, 0.05) is 19.3 Å². The van der Waals surface area contributed by atoms with E-state index in [1.807, 2.05) is 36.9 Å². The SMILES string of the molecule is Cc1nn(C)c(C)c1CCNC(=O)C1(c2ccc3c(c2)OCO3)CCCCC1. The van der Waals surface area contributed by atoms with Crippen LogP contribution in [0.1, 0.15) is 54.6 Å². The maximum atomic E-state index is 13.4. The van der Waals surface area contributed by atoms with E-state index in [4.69, 9.17) is 9.47 Å². The molecule has 0 unspecified atom stereocenters. The standard InChI is InChI=1S/C22H29N3O3/c1-15-18(16(2)25(3)24-15)9-12-23-21(26)22(10-5-4-6-11-22)17-7-8-19-20(13-17)28-14-27-19/h7-8,13H,4-6,9-12,14H2,1-3H3,(H,23,26). The van der Waals surface area contributed by atoms with E-state index in [0.29, 0.717) is 6.54 Å². The summed E-state index contributed by atoms with van der Waals surface area (Å²) in [5.41, 5.74) is 4.00. The first kappa shape index (κ1) is 18.8. The minimum Gasteiger partial charge on any atom is -0.454 e. The van der Waals surface area contributed by atoms with E-state index >= 15 is 0 Å². The maximum absolute atomic E-state index is 13.4. The van der Waals surface area contributed by atoms with E-state index in [1.165, 1.54) is 12.0 Å². The highest BCUT2D eigenvalue weighted by Gasteiger charge is 2.41. The number of hydrogen-bond donors (Lipinski definition) is 1. The van der Waals surface area contributed by atoms with Crippen LogP contribution < -0.4 is 14.8 Å². The highest BCUT2D eigenvalue weighted by atomic mass is 16.7. The summed E-state index contributed by atoms with van der Waals surface area (Å²) in [7, 11) is 1.96. The van der Waals surface area contributed by atoms with Crippen molar-refractivity contribution in [1.29, 1.82) is 0 Å². The second kappa shape index (κ2) is 7.49. The summed E-state index contributed by atoms with van der Waals surface area (Å²) >= 11 is 0. The van der Waals surface area contributed by atoms with Crippen LogP contribution in [-0.4, -0.2) is 29.0 Å². The molecule has 4 rings (SSSR count). The van der Waals surface area contributed by atoms with Crippen molar-refractivity contribution in [3.05, 3.63) is 40.7 Å². The van der Waals surface area contributed by atoms with Crippen LogP contribution in [0.2, 0.25) is 0 Å². The van der Waals surface area contributed by atoms with E-state index in [2.05, 4.69) is 17.3 Å². The fourth-order valence-electron chi connectivity index (χ4n) is 4.65. The Hall–Kier alpha value is -2.50. The Kier molecular flexibility index (Phi) is 5.04. The zero-order valence-corrected chi connectivity index (χ0v) is 17.0. The maximum Gasteiger partial charge on any atom is 0.231 e. The van der Waals surface area contributed by atoms with Gasteiger partial charge in [0.15, 0.2) is 11.5 Å². The van der Waals surface area contributed by atoms with Crippen LogP contribution in [0.4, 0.5) is 0 Å². The average molecular weight is 383 g/mol. The molecule has 1 saturated carbocycles. The van der Waals surface area contributed by atoms with Crippen LogP contribution in [0.15, 0.2) is 18.2 Å². The molecule has 2 aromatic rings. The predicted molar refractivity (Wildman–Crippen MR) is 107 cm³/mol. The topological polar surface area (TPSA) is 65.4 Å². The van der Waals surface area contributed by atoms with Crippen molar-refractivity contribution in [3.63, 3.8) is 0 Å². The van der Waals surface area contributed by atoms with Crippen LogP contribution in [0, 0.1) is 13.8 Å². The Morgan fingerprint density at radius 1 is 1.18 bits per heavy atom. The number of hydrogen-bond acceptors (Lipinski definition) is 4. The van der Waals surface area contributed by atoms with Crippen molar-refractivity contribution < 1.29 is 14.3 Å². The van der Waals surface area contributed by atoms with Crippen LogP contribution in [0.25, 0.3) is 0 Å². The van der Waals surface area contributed by atoms with Crippen LogP contribution in [-0.2, 0) is 23.7 Å². The van der Waals surface area contributed by atoms with E-state index in [1.54, 1.807) is 0 Å². The smallest absolute Gasteiger partial charge is 0.231 e. The first-order chi connectivity index (χ1) is 13.5. The van der Waals surface area contributed by atoms with Gasteiger partial charge in [0.1, 0.15) is 0 Å². The third-order valence-corrected chi connectivity index (χ3v) is 6.39. The number of ether oxygens (including phenoxy) is 2. The molecule has 1 aromatic heterocycles. The highest BCUT2D eigenvalue weighted by molar-refractivity contribution is 5.88. The molecule has 1 aliphatic heterocycles. The summed E-state index contributed by atoms with van der Waals surface area (Å²) in [6, 6.07) is 5.97. The Labute approximate surface area is 166 Å². The summed E-state index contributed by atoms with van der Waals surface area (Å²) in [6.07, 6.45) is 5.89. The summed E-state index contributed by atoms with van der Waals surface area (Å²) in [5.74, 6) is 1.64. The molecule has 6 nitrogen and oxygen atoms in total. The number of aryl methyl sites for hydroxylation is 2. The normalized spacial score (nSPS) is 17.5. The lowest BCUT2D eigenvalue weighted by atomic mass is 9.68. The van der Waals surface area contributed by atoms with Crippen molar-refractivity contribution in [2.24, 2.45) is 7.05 Å². The molecule has 0 bridgehead atoms. The van der Waals surface area contributed by atoms with Crippen molar-refractivity contribution >= 4 is 5.91 Å². The van der Waals surface area contributed by atoms with Crippen molar-refractivity contribution in [2.45, 2.75) is 57.8 Å². The lowest BCUT2D eigenvalue weighted by Crippen LogP contribution is -2.46. The summed E-state index contributed by atoms with van der Waals surface area (Å²) in [6.45, 7) is 4.98. The van der Waals surface area contributed by atoms with Gasteiger partial charge in [-0.25, -0.2) is 0 Å². The van der Waals surface area contributed by atoms with Crippen molar-refractivity contribution in [3.8, 4) is 11.5 Å². The highest BCUT2D eigenvalue weighted by Crippen LogP contribution is 2.43. The second-order valence-electron chi connectivity index (χ2n) is 7.99. The predicted octanol–water partition coefficient (Wildman–Crippen LogP) is 3.33. The van der Waals surface area contributed by atoms with Gasteiger partial charge in [-0.3, -0.25) is 9.48 Å². The number of carbonyl (C=O) groups excluding carboxylic acids is 1. The average Bonchev–Trinajstić information content (AvgIpc) is 3.27. The van der Waals surface area contributed by atoms with Crippen LogP contribution in [0.3, 0.4) is 0 Å². The molecular weight excluding hydrogens is 354 g/mol. The van der Waals surface area contributed by atoms with Crippen molar-refractivity contribution in [1.82, 2.24) is 15.1 Å². The van der Waals surface area contributed by atoms with Crippen LogP contribution in [0.5, 0.6) is 11.5 Å². The largest absolute Gasteiger partial charge is 0.454 e. The molecule has 1 N–H and O–H groups in total. The Morgan fingerprint density at radius 3 is 2.64 bits per heavy atom. The first-order valence-electron chi connectivity index (χ1n) is 10.2. The molecule has 1 aliphatic carbocycles. The zero-order valence-electron chi connectivity index (χ0n) is 17.0. The van der Waals surface area contributed by atoms with Gasteiger partial charge in [-0.1, -0.05) is 25.3 Å². The third-order valence-electron chi connectivity index (χ3n) is 6.39. The van der Waals surface area contributed by atoms with Gasteiger partial charge in [0.2, 0.25) is 12.7 Å². The third kappa shape index (κ3) is 3.25. The number of nitrogens with one attached hydrogen (secondary N) is 1.